The fourth-order valence-corrected chi connectivity index (χ4v) is 5.30. The Bertz CT molecular complexity index is 474. The van der Waals surface area contributed by atoms with Gasteiger partial charge in [-0.05, 0) is 83.2 Å². The Hall–Kier alpha value is -1.10. The van der Waals surface area contributed by atoms with Gasteiger partial charge >= 0.3 is 0 Å². The molecule has 2 amide bonds. The standard InChI is InChI=1S/C22H39N3O2/c1-23-13-10-17-11-14-25(15-12-17)22(27)19-6-8-20(9-7-19)24-21(26)16-18-4-2-3-5-18/h17-20,23H,2-16H2,1H3,(H,24,26). The van der Waals surface area contributed by atoms with E-state index in [9.17, 15) is 9.59 Å². The van der Waals surface area contributed by atoms with Crippen LogP contribution >= 0.6 is 0 Å². The summed E-state index contributed by atoms with van der Waals surface area (Å²) in [6, 6.07) is 0.287. The molecule has 0 aromatic heterocycles. The molecule has 0 aromatic carbocycles. The highest BCUT2D eigenvalue weighted by Gasteiger charge is 2.32. The molecule has 1 aliphatic heterocycles. The number of nitrogens with zero attached hydrogens (tertiary/aromatic N) is 1. The van der Waals surface area contributed by atoms with Crippen molar-refractivity contribution in [1.29, 1.82) is 0 Å². The number of hydrogen-bond donors (Lipinski definition) is 2. The number of rotatable bonds is 7. The van der Waals surface area contributed by atoms with Crippen LogP contribution in [-0.2, 0) is 9.59 Å². The number of hydrogen-bond acceptors (Lipinski definition) is 3. The molecule has 0 bridgehead atoms. The molecule has 2 saturated carbocycles. The second kappa shape index (κ2) is 10.4. The predicted molar refractivity (Wildman–Crippen MR) is 108 cm³/mol. The van der Waals surface area contributed by atoms with E-state index >= 15 is 0 Å². The zero-order chi connectivity index (χ0) is 19.1. The first-order valence-corrected chi connectivity index (χ1v) is 11.4. The van der Waals surface area contributed by atoms with Gasteiger partial charge in [0.25, 0.3) is 0 Å². The van der Waals surface area contributed by atoms with E-state index < -0.39 is 0 Å². The number of likely N-dealkylation sites (tertiary alicyclic amines) is 1. The summed E-state index contributed by atoms with van der Waals surface area (Å²) in [5.41, 5.74) is 0. The van der Waals surface area contributed by atoms with Crippen LogP contribution in [0, 0.1) is 17.8 Å². The lowest BCUT2D eigenvalue weighted by Gasteiger charge is -2.36. The van der Waals surface area contributed by atoms with Crippen LogP contribution in [-0.4, -0.2) is 49.4 Å². The van der Waals surface area contributed by atoms with Gasteiger partial charge in [0.2, 0.25) is 11.8 Å². The first-order valence-electron chi connectivity index (χ1n) is 11.4. The average molecular weight is 378 g/mol. The van der Waals surface area contributed by atoms with Gasteiger partial charge in [0.1, 0.15) is 0 Å². The number of nitrogens with one attached hydrogen (secondary N) is 2. The highest BCUT2D eigenvalue weighted by molar-refractivity contribution is 5.79. The lowest BCUT2D eigenvalue weighted by Crippen LogP contribution is -2.45. The molecule has 2 N–H and O–H groups in total. The number of piperidine rings is 1. The molecule has 27 heavy (non-hydrogen) atoms. The second-order valence-corrected chi connectivity index (χ2v) is 9.13. The molecule has 3 aliphatic rings. The molecular weight excluding hydrogens is 338 g/mol. The minimum absolute atomic E-state index is 0.182. The summed E-state index contributed by atoms with van der Waals surface area (Å²) in [4.78, 5) is 27.2. The van der Waals surface area contributed by atoms with E-state index in [1.165, 1.54) is 32.1 Å². The molecule has 0 radical (unpaired) electrons. The third-order valence-corrected chi connectivity index (χ3v) is 7.12. The van der Waals surface area contributed by atoms with Gasteiger partial charge in [-0.3, -0.25) is 9.59 Å². The normalized spacial score (nSPS) is 27.7. The minimum atomic E-state index is 0.182. The number of carbonyl (C=O) groups is 2. The van der Waals surface area contributed by atoms with Crippen molar-refractivity contribution in [3.05, 3.63) is 0 Å². The van der Waals surface area contributed by atoms with E-state index in [4.69, 9.17) is 0 Å². The van der Waals surface area contributed by atoms with Gasteiger partial charge in [0.05, 0.1) is 0 Å². The number of amides is 2. The summed E-state index contributed by atoms with van der Waals surface area (Å²) in [7, 11) is 2.01. The highest BCUT2D eigenvalue weighted by Crippen LogP contribution is 2.30. The van der Waals surface area contributed by atoms with Crippen molar-refractivity contribution in [2.45, 2.75) is 83.1 Å². The van der Waals surface area contributed by atoms with E-state index in [-0.39, 0.29) is 17.9 Å². The zero-order valence-corrected chi connectivity index (χ0v) is 17.2. The van der Waals surface area contributed by atoms with Crippen LogP contribution in [0.5, 0.6) is 0 Å². The molecule has 154 valence electrons. The highest BCUT2D eigenvalue weighted by atomic mass is 16.2. The van der Waals surface area contributed by atoms with Gasteiger partial charge in [0, 0.05) is 31.5 Å². The third kappa shape index (κ3) is 6.20. The van der Waals surface area contributed by atoms with Crippen molar-refractivity contribution < 1.29 is 9.59 Å². The maximum atomic E-state index is 12.9. The van der Waals surface area contributed by atoms with Crippen LogP contribution in [0.3, 0.4) is 0 Å². The quantitative estimate of drug-likeness (QED) is 0.717. The molecule has 1 heterocycles. The summed E-state index contributed by atoms with van der Waals surface area (Å²) in [6.45, 7) is 2.95. The van der Waals surface area contributed by atoms with Gasteiger partial charge in [-0.25, -0.2) is 0 Å². The van der Waals surface area contributed by atoms with Gasteiger partial charge in [-0.15, -0.1) is 0 Å². The van der Waals surface area contributed by atoms with E-state index in [2.05, 4.69) is 15.5 Å². The number of carbonyl (C=O) groups excluding carboxylic acids is 2. The van der Waals surface area contributed by atoms with Gasteiger partial charge in [-0.2, -0.15) is 0 Å². The molecule has 5 nitrogen and oxygen atoms in total. The molecule has 0 aromatic rings. The van der Waals surface area contributed by atoms with Crippen LogP contribution in [0.15, 0.2) is 0 Å². The van der Waals surface area contributed by atoms with E-state index in [0.29, 0.717) is 18.2 Å². The fraction of sp³-hybridized carbons (Fsp3) is 0.909. The van der Waals surface area contributed by atoms with Crippen molar-refractivity contribution in [3.8, 4) is 0 Å². The van der Waals surface area contributed by atoms with Gasteiger partial charge < -0.3 is 15.5 Å². The molecule has 3 fully saturated rings. The van der Waals surface area contributed by atoms with Crippen LogP contribution in [0.1, 0.15) is 77.0 Å². The van der Waals surface area contributed by atoms with Crippen LogP contribution < -0.4 is 10.6 Å². The molecule has 3 rings (SSSR count). The van der Waals surface area contributed by atoms with Gasteiger partial charge in [-0.1, -0.05) is 12.8 Å². The summed E-state index contributed by atoms with van der Waals surface area (Å²) in [5.74, 6) is 2.17. The fourth-order valence-electron chi connectivity index (χ4n) is 5.30. The van der Waals surface area contributed by atoms with E-state index in [1.807, 2.05) is 7.05 Å². The minimum Gasteiger partial charge on any atom is -0.353 e. The Morgan fingerprint density at radius 1 is 0.889 bits per heavy atom. The molecule has 0 unspecified atom stereocenters. The molecule has 1 saturated heterocycles. The predicted octanol–water partition coefficient (Wildman–Crippen LogP) is 3.09. The van der Waals surface area contributed by atoms with Crippen molar-refractivity contribution in [3.63, 3.8) is 0 Å². The SMILES string of the molecule is CNCCC1CCN(C(=O)C2CCC(NC(=O)CC3CCCC3)CC2)CC1. The molecule has 5 heteroatoms. The van der Waals surface area contributed by atoms with E-state index in [1.54, 1.807) is 0 Å². The Morgan fingerprint density at radius 2 is 1.56 bits per heavy atom. The van der Waals surface area contributed by atoms with Crippen molar-refractivity contribution >= 4 is 11.8 Å². The van der Waals surface area contributed by atoms with E-state index in [0.717, 1.165) is 64.1 Å². The monoisotopic (exact) mass is 377 g/mol. The Morgan fingerprint density at radius 3 is 2.19 bits per heavy atom. The third-order valence-electron chi connectivity index (χ3n) is 7.12. The molecule has 0 spiro atoms. The van der Waals surface area contributed by atoms with Crippen molar-refractivity contribution in [2.75, 3.05) is 26.7 Å². The lowest BCUT2D eigenvalue weighted by atomic mass is 9.84. The zero-order valence-electron chi connectivity index (χ0n) is 17.2. The molecular formula is C22H39N3O2. The van der Waals surface area contributed by atoms with Crippen LogP contribution in [0.4, 0.5) is 0 Å². The summed E-state index contributed by atoms with van der Waals surface area (Å²) in [5, 5.41) is 6.47. The average Bonchev–Trinajstić information content (AvgIpc) is 3.19. The van der Waals surface area contributed by atoms with Gasteiger partial charge in [0.15, 0.2) is 0 Å². The first kappa shape index (κ1) is 20.6. The maximum absolute atomic E-state index is 12.9. The summed E-state index contributed by atoms with van der Waals surface area (Å²) >= 11 is 0. The van der Waals surface area contributed by atoms with Crippen LogP contribution in [0.25, 0.3) is 0 Å². The largest absolute Gasteiger partial charge is 0.353 e. The van der Waals surface area contributed by atoms with Crippen molar-refractivity contribution in [2.24, 2.45) is 17.8 Å². The Kier molecular flexibility index (Phi) is 7.98. The molecule has 0 atom stereocenters. The smallest absolute Gasteiger partial charge is 0.225 e. The topological polar surface area (TPSA) is 61.4 Å². The van der Waals surface area contributed by atoms with Crippen LogP contribution in [0.2, 0.25) is 0 Å². The second-order valence-electron chi connectivity index (χ2n) is 9.13. The summed E-state index contributed by atoms with van der Waals surface area (Å²) < 4.78 is 0. The Labute approximate surface area is 165 Å². The summed E-state index contributed by atoms with van der Waals surface area (Å²) in [6.07, 6.45) is 13.1. The maximum Gasteiger partial charge on any atom is 0.225 e. The molecule has 2 aliphatic carbocycles. The Balaban J connectivity index is 1.33. The first-order chi connectivity index (χ1) is 13.2. The lowest BCUT2D eigenvalue weighted by molar-refractivity contribution is -0.138. The van der Waals surface area contributed by atoms with Crippen molar-refractivity contribution in [1.82, 2.24) is 15.5 Å².